The van der Waals surface area contributed by atoms with Crippen molar-refractivity contribution in [1.29, 1.82) is 0 Å². The van der Waals surface area contributed by atoms with Gasteiger partial charge in [-0.1, -0.05) is 12.8 Å². The van der Waals surface area contributed by atoms with Gasteiger partial charge in [0.15, 0.2) is 0 Å². The molecule has 0 aromatic heterocycles. The van der Waals surface area contributed by atoms with E-state index in [0.29, 0.717) is 19.4 Å². The third-order valence-electron chi connectivity index (χ3n) is 3.00. The summed E-state index contributed by atoms with van der Waals surface area (Å²) in [6.45, 7) is 11.1. The molecule has 0 spiro atoms. The zero-order chi connectivity index (χ0) is 20.4. The van der Waals surface area contributed by atoms with Crippen LogP contribution in [0.4, 0.5) is 4.79 Å². The van der Waals surface area contributed by atoms with Gasteiger partial charge >= 0.3 is 18.0 Å². The topological polar surface area (TPSA) is 114 Å². The number of carbonyl (C=O) groups excluding carboxylic acids is 2. The molecule has 0 bridgehead atoms. The Morgan fingerprint density at radius 3 is 2.00 bits per heavy atom. The molecule has 8 nitrogen and oxygen atoms in total. The first-order valence-electron chi connectivity index (χ1n) is 8.95. The van der Waals surface area contributed by atoms with Crippen LogP contribution in [0.5, 0.6) is 0 Å². The summed E-state index contributed by atoms with van der Waals surface area (Å²) in [5.74, 6) is -1.39. The van der Waals surface area contributed by atoms with E-state index in [4.69, 9.17) is 14.6 Å². The highest BCUT2D eigenvalue weighted by atomic mass is 16.6. The SMILES string of the molecule is CC(C)(C)OC(=O)N[C@@H](CCCCCNCC(=O)O)C(=O)OC(C)(C)C. The van der Waals surface area contributed by atoms with E-state index < -0.39 is 35.3 Å². The lowest BCUT2D eigenvalue weighted by atomic mass is 10.1. The Morgan fingerprint density at radius 1 is 0.923 bits per heavy atom. The number of carboxylic acids is 1. The molecule has 0 aliphatic heterocycles. The smallest absolute Gasteiger partial charge is 0.408 e. The lowest BCUT2D eigenvalue weighted by molar-refractivity contribution is -0.157. The van der Waals surface area contributed by atoms with Crippen LogP contribution in [0.15, 0.2) is 0 Å². The number of carboxylic acid groups (broad SMARTS) is 1. The van der Waals surface area contributed by atoms with Gasteiger partial charge in [-0.25, -0.2) is 9.59 Å². The summed E-state index contributed by atoms with van der Waals surface area (Å²) in [7, 11) is 0. The largest absolute Gasteiger partial charge is 0.480 e. The van der Waals surface area contributed by atoms with Crippen LogP contribution in [0.25, 0.3) is 0 Å². The molecule has 0 fully saturated rings. The molecule has 0 heterocycles. The van der Waals surface area contributed by atoms with E-state index in [1.807, 2.05) is 0 Å². The monoisotopic (exact) mass is 374 g/mol. The van der Waals surface area contributed by atoms with Crippen molar-refractivity contribution in [2.75, 3.05) is 13.1 Å². The second-order valence-electron chi connectivity index (χ2n) is 8.15. The number of alkyl carbamates (subject to hydrolysis) is 1. The number of rotatable bonds is 10. The third kappa shape index (κ3) is 14.5. The van der Waals surface area contributed by atoms with E-state index in [9.17, 15) is 14.4 Å². The number of hydrogen-bond acceptors (Lipinski definition) is 6. The van der Waals surface area contributed by atoms with Crippen molar-refractivity contribution in [3.63, 3.8) is 0 Å². The second kappa shape index (κ2) is 11.0. The van der Waals surface area contributed by atoms with Gasteiger partial charge in [0, 0.05) is 0 Å². The van der Waals surface area contributed by atoms with Gasteiger partial charge in [-0.3, -0.25) is 4.79 Å². The second-order valence-corrected chi connectivity index (χ2v) is 8.15. The number of ether oxygens (including phenoxy) is 2. The summed E-state index contributed by atoms with van der Waals surface area (Å²) in [5.41, 5.74) is -1.30. The van der Waals surface area contributed by atoms with Gasteiger partial charge in [-0.05, 0) is 60.9 Å². The minimum Gasteiger partial charge on any atom is -0.480 e. The Hall–Kier alpha value is -1.83. The molecule has 0 radical (unpaired) electrons. The number of unbranched alkanes of at least 4 members (excludes halogenated alkanes) is 2. The highest BCUT2D eigenvalue weighted by Gasteiger charge is 2.28. The minimum absolute atomic E-state index is 0.0687. The highest BCUT2D eigenvalue weighted by Crippen LogP contribution is 2.13. The summed E-state index contributed by atoms with van der Waals surface area (Å²) in [6.07, 6.45) is 2.03. The first-order chi connectivity index (χ1) is 11.8. The Balaban J connectivity index is 4.47. The number of nitrogens with one attached hydrogen (secondary N) is 2. The van der Waals surface area contributed by atoms with Crippen molar-refractivity contribution in [1.82, 2.24) is 10.6 Å². The van der Waals surface area contributed by atoms with Crippen molar-refractivity contribution in [2.24, 2.45) is 0 Å². The average molecular weight is 374 g/mol. The van der Waals surface area contributed by atoms with Gasteiger partial charge in [0.25, 0.3) is 0 Å². The van der Waals surface area contributed by atoms with Crippen LogP contribution in [0, 0.1) is 0 Å². The Labute approximate surface area is 156 Å². The summed E-state index contributed by atoms with van der Waals surface area (Å²) in [5, 5.41) is 13.9. The van der Waals surface area contributed by atoms with Crippen LogP contribution in [0.1, 0.15) is 67.2 Å². The van der Waals surface area contributed by atoms with Crippen LogP contribution in [-0.2, 0) is 19.1 Å². The molecule has 26 heavy (non-hydrogen) atoms. The molecule has 0 saturated heterocycles. The zero-order valence-electron chi connectivity index (χ0n) is 16.8. The number of aliphatic carboxylic acids is 1. The summed E-state index contributed by atoms with van der Waals surface area (Å²) in [6, 6.07) is -0.781. The third-order valence-corrected chi connectivity index (χ3v) is 3.00. The molecule has 8 heteroatoms. The molecule has 1 amide bonds. The molecular formula is C18H34N2O6. The molecule has 0 rings (SSSR count). The minimum atomic E-state index is -0.892. The van der Waals surface area contributed by atoms with Crippen molar-refractivity contribution >= 4 is 18.0 Å². The number of amides is 1. The molecule has 152 valence electrons. The van der Waals surface area contributed by atoms with E-state index in [-0.39, 0.29) is 6.54 Å². The van der Waals surface area contributed by atoms with Crippen LogP contribution >= 0.6 is 0 Å². The van der Waals surface area contributed by atoms with Crippen LogP contribution < -0.4 is 10.6 Å². The molecule has 0 saturated carbocycles. The molecule has 1 atom stereocenters. The Morgan fingerprint density at radius 2 is 1.50 bits per heavy atom. The standard InChI is InChI=1S/C18H34N2O6/c1-17(2,3)25-15(23)13(20-16(24)26-18(4,5)6)10-8-7-9-11-19-12-14(21)22/h13,19H,7-12H2,1-6H3,(H,20,24)(H,21,22)/t13-/m0/s1. The fourth-order valence-corrected chi connectivity index (χ4v) is 2.04. The molecule has 0 aromatic rings. The maximum Gasteiger partial charge on any atom is 0.408 e. The summed E-state index contributed by atoms with van der Waals surface area (Å²) >= 11 is 0. The zero-order valence-corrected chi connectivity index (χ0v) is 16.8. The summed E-state index contributed by atoms with van der Waals surface area (Å²) < 4.78 is 10.6. The first-order valence-corrected chi connectivity index (χ1v) is 8.95. The van der Waals surface area contributed by atoms with Gasteiger partial charge < -0.3 is 25.2 Å². The van der Waals surface area contributed by atoms with Crippen molar-refractivity contribution < 1.29 is 29.0 Å². The molecular weight excluding hydrogens is 340 g/mol. The predicted molar refractivity (Wildman–Crippen MR) is 98.0 cm³/mol. The Bertz CT molecular complexity index is 465. The highest BCUT2D eigenvalue weighted by molar-refractivity contribution is 5.81. The quantitative estimate of drug-likeness (QED) is 0.397. The number of carbonyl (C=O) groups is 3. The van der Waals surface area contributed by atoms with Crippen molar-refractivity contribution in [3.8, 4) is 0 Å². The van der Waals surface area contributed by atoms with Crippen molar-refractivity contribution in [2.45, 2.75) is 84.5 Å². The number of esters is 1. The fraction of sp³-hybridized carbons (Fsp3) is 0.833. The van der Waals surface area contributed by atoms with E-state index >= 15 is 0 Å². The van der Waals surface area contributed by atoms with E-state index in [1.54, 1.807) is 41.5 Å². The molecule has 0 aromatic carbocycles. The van der Waals surface area contributed by atoms with E-state index in [0.717, 1.165) is 12.8 Å². The van der Waals surface area contributed by atoms with Crippen molar-refractivity contribution in [3.05, 3.63) is 0 Å². The first kappa shape index (κ1) is 24.2. The van der Waals surface area contributed by atoms with Gasteiger partial charge in [0.05, 0.1) is 6.54 Å². The van der Waals surface area contributed by atoms with Crippen LogP contribution in [0.3, 0.4) is 0 Å². The van der Waals surface area contributed by atoms with Gasteiger partial charge in [-0.2, -0.15) is 0 Å². The number of hydrogen-bond donors (Lipinski definition) is 3. The maximum absolute atomic E-state index is 12.3. The van der Waals surface area contributed by atoms with Crippen LogP contribution in [0.2, 0.25) is 0 Å². The average Bonchev–Trinajstić information content (AvgIpc) is 2.40. The predicted octanol–water partition coefficient (Wildman–Crippen LogP) is 2.46. The van der Waals surface area contributed by atoms with E-state index in [2.05, 4.69) is 10.6 Å². The lowest BCUT2D eigenvalue weighted by Crippen LogP contribution is -2.46. The summed E-state index contributed by atoms with van der Waals surface area (Å²) in [4.78, 5) is 34.7. The van der Waals surface area contributed by atoms with Gasteiger partial charge in [0.2, 0.25) is 0 Å². The van der Waals surface area contributed by atoms with Gasteiger partial charge in [0.1, 0.15) is 17.2 Å². The fourth-order valence-electron chi connectivity index (χ4n) is 2.04. The Kier molecular flexibility index (Phi) is 10.2. The van der Waals surface area contributed by atoms with Crippen LogP contribution in [-0.4, -0.2) is 53.5 Å². The lowest BCUT2D eigenvalue weighted by Gasteiger charge is -2.26. The van der Waals surface area contributed by atoms with E-state index in [1.165, 1.54) is 0 Å². The molecule has 3 N–H and O–H groups in total. The molecule has 0 aliphatic carbocycles. The molecule has 0 unspecified atom stereocenters. The maximum atomic E-state index is 12.3. The van der Waals surface area contributed by atoms with Gasteiger partial charge in [-0.15, -0.1) is 0 Å². The normalized spacial score (nSPS) is 13.0. The molecule has 0 aliphatic rings.